The van der Waals surface area contributed by atoms with E-state index in [1.165, 1.54) is 0 Å². The number of hydrogen-bond donors (Lipinski definition) is 3. The largest absolute Gasteiger partial charge is 0.394 e. The first-order chi connectivity index (χ1) is 11.1. The van der Waals surface area contributed by atoms with Crippen molar-refractivity contribution in [3.8, 4) is 0 Å². The number of carbonyl (C=O) groups is 2. The maximum absolute atomic E-state index is 12.2. The van der Waals surface area contributed by atoms with Gasteiger partial charge in [-0.3, -0.25) is 9.59 Å². The van der Waals surface area contributed by atoms with Crippen LogP contribution in [-0.2, 0) is 4.79 Å². The smallest absolute Gasteiger partial charge is 0.251 e. The summed E-state index contributed by atoms with van der Waals surface area (Å²) in [5.74, 6) is -0.661. The molecule has 2 atom stereocenters. The van der Waals surface area contributed by atoms with E-state index in [0.717, 1.165) is 5.56 Å². The number of benzene rings is 2. The lowest BCUT2D eigenvalue weighted by Crippen LogP contribution is -2.46. The Labute approximate surface area is 135 Å². The average molecular weight is 312 g/mol. The number of carbonyl (C=O) groups excluding carboxylic acids is 2. The van der Waals surface area contributed by atoms with Gasteiger partial charge in [-0.25, -0.2) is 0 Å². The van der Waals surface area contributed by atoms with Crippen molar-refractivity contribution in [2.24, 2.45) is 0 Å². The lowest BCUT2D eigenvalue weighted by atomic mass is 10.1. The summed E-state index contributed by atoms with van der Waals surface area (Å²) in [4.78, 5) is 24.3. The SMILES string of the molecule is CC(NC(=O)c1ccccc1)C(=O)NC(CO)c1ccccc1. The van der Waals surface area contributed by atoms with Crippen molar-refractivity contribution in [2.45, 2.75) is 19.0 Å². The van der Waals surface area contributed by atoms with Gasteiger partial charge >= 0.3 is 0 Å². The molecule has 0 aliphatic rings. The summed E-state index contributed by atoms with van der Waals surface area (Å²) < 4.78 is 0. The van der Waals surface area contributed by atoms with E-state index in [-0.39, 0.29) is 18.4 Å². The molecule has 0 fully saturated rings. The van der Waals surface area contributed by atoms with Gasteiger partial charge in [-0.1, -0.05) is 48.5 Å². The van der Waals surface area contributed by atoms with E-state index < -0.39 is 12.1 Å². The molecule has 0 spiro atoms. The van der Waals surface area contributed by atoms with E-state index in [1.807, 2.05) is 36.4 Å². The Morgan fingerprint density at radius 1 is 0.957 bits per heavy atom. The van der Waals surface area contributed by atoms with Crippen molar-refractivity contribution in [1.82, 2.24) is 10.6 Å². The number of aliphatic hydroxyl groups is 1. The minimum Gasteiger partial charge on any atom is -0.394 e. The molecule has 2 aromatic carbocycles. The van der Waals surface area contributed by atoms with Crippen molar-refractivity contribution < 1.29 is 14.7 Å². The zero-order chi connectivity index (χ0) is 16.7. The molecule has 23 heavy (non-hydrogen) atoms. The molecule has 0 aliphatic heterocycles. The highest BCUT2D eigenvalue weighted by molar-refractivity contribution is 5.97. The van der Waals surface area contributed by atoms with Gasteiger partial charge in [0.25, 0.3) is 5.91 Å². The molecule has 0 aromatic heterocycles. The van der Waals surface area contributed by atoms with Gasteiger partial charge in [-0.05, 0) is 24.6 Å². The Balaban J connectivity index is 1.95. The van der Waals surface area contributed by atoms with Gasteiger partial charge in [0, 0.05) is 5.56 Å². The van der Waals surface area contributed by atoms with Crippen LogP contribution in [-0.4, -0.2) is 29.6 Å². The summed E-state index contributed by atoms with van der Waals surface area (Å²) in [6, 6.07) is 16.7. The first kappa shape index (κ1) is 16.7. The van der Waals surface area contributed by atoms with E-state index in [9.17, 15) is 14.7 Å². The molecule has 3 N–H and O–H groups in total. The lowest BCUT2D eigenvalue weighted by molar-refractivity contribution is -0.123. The summed E-state index contributed by atoms with van der Waals surface area (Å²) in [7, 11) is 0. The van der Waals surface area contributed by atoms with Crippen LogP contribution in [0.15, 0.2) is 60.7 Å². The van der Waals surface area contributed by atoms with Crippen LogP contribution in [0, 0.1) is 0 Å². The summed E-state index contributed by atoms with van der Waals surface area (Å²) in [5, 5.41) is 14.8. The number of rotatable bonds is 6. The molecule has 0 heterocycles. The van der Waals surface area contributed by atoms with Crippen molar-refractivity contribution in [3.05, 3.63) is 71.8 Å². The molecule has 0 saturated carbocycles. The second-order valence-electron chi connectivity index (χ2n) is 5.22. The van der Waals surface area contributed by atoms with Crippen LogP contribution in [0.1, 0.15) is 28.9 Å². The van der Waals surface area contributed by atoms with Gasteiger partial charge < -0.3 is 15.7 Å². The summed E-state index contributed by atoms with van der Waals surface area (Å²) >= 11 is 0. The lowest BCUT2D eigenvalue weighted by Gasteiger charge is -2.20. The molecule has 2 amide bonds. The molecule has 0 bridgehead atoms. The van der Waals surface area contributed by atoms with E-state index in [0.29, 0.717) is 5.56 Å². The third kappa shape index (κ3) is 4.66. The van der Waals surface area contributed by atoms with Crippen molar-refractivity contribution in [3.63, 3.8) is 0 Å². The zero-order valence-corrected chi connectivity index (χ0v) is 12.9. The fourth-order valence-corrected chi connectivity index (χ4v) is 2.15. The van der Waals surface area contributed by atoms with Gasteiger partial charge in [0.05, 0.1) is 12.6 Å². The minimum atomic E-state index is -0.708. The first-order valence-corrected chi connectivity index (χ1v) is 7.44. The molecule has 0 aliphatic carbocycles. The highest BCUT2D eigenvalue weighted by Crippen LogP contribution is 2.11. The Morgan fingerprint density at radius 2 is 1.52 bits per heavy atom. The third-order valence-corrected chi connectivity index (χ3v) is 3.48. The molecule has 5 heteroatoms. The average Bonchev–Trinajstić information content (AvgIpc) is 2.60. The number of aliphatic hydroxyl groups excluding tert-OH is 1. The van der Waals surface area contributed by atoms with Crippen LogP contribution >= 0.6 is 0 Å². The Hall–Kier alpha value is -2.66. The maximum Gasteiger partial charge on any atom is 0.251 e. The van der Waals surface area contributed by atoms with Gasteiger partial charge in [0.15, 0.2) is 0 Å². The molecular formula is C18H20N2O3. The standard InChI is InChI=1S/C18H20N2O3/c1-13(19-18(23)15-10-6-3-7-11-15)17(22)20-16(12-21)14-8-4-2-5-9-14/h2-11,13,16,21H,12H2,1H3,(H,19,23)(H,20,22). The molecule has 5 nitrogen and oxygen atoms in total. The molecular weight excluding hydrogens is 292 g/mol. The quantitative estimate of drug-likeness (QED) is 0.759. The van der Waals surface area contributed by atoms with Crippen LogP contribution in [0.4, 0.5) is 0 Å². The molecule has 2 aromatic rings. The van der Waals surface area contributed by atoms with Gasteiger partial charge in [-0.2, -0.15) is 0 Å². The minimum absolute atomic E-state index is 0.213. The van der Waals surface area contributed by atoms with Gasteiger partial charge in [0.1, 0.15) is 6.04 Å². The van der Waals surface area contributed by atoms with Gasteiger partial charge in [0.2, 0.25) is 5.91 Å². The van der Waals surface area contributed by atoms with Crippen molar-refractivity contribution in [1.29, 1.82) is 0 Å². The second-order valence-corrected chi connectivity index (χ2v) is 5.22. The summed E-state index contributed by atoms with van der Waals surface area (Å²) in [6.45, 7) is 1.39. The van der Waals surface area contributed by atoms with Crippen LogP contribution in [0.5, 0.6) is 0 Å². The molecule has 0 radical (unpaired) electrons. The highest BCUT2D eigenvalue weighted by atomic mass is 16.3. The van der Waals surface area contributed by atoms with E-state index in [2.05, 4.69) is 10.6 Å². The normalized spacial score (nSPS) is 13.0. The number of hydrogen-bond acceptors (Lipinski definition) is 3. The summed E-state index contributed by atoms with van der Waals surface area (Å²) in [6.07, 6.45) is 0. The van der Waals surface area contributed by atoms with E-state index in [4.69, 9.17) is 0 Å². The van der Waals surface area contributed by atoms with E-state index in [1.54, 1.807) is 31.2 Å². The second kappa shape index (κ2) is 8.10. The first-order valence-electron chi connectivity index (χ1n) is 7.44. The van der Waals surface area contributed by atoms with Crippen LogP contribution in [0.3, 0.4) is 0 Å². The zero-order valence-electron chi connectivity index (χ0n) is 12.9. The van der Waals surface area contributed by atoms with Crippen molar-refractivity contribution in [2.75, 3.05) is 6.61 Å². The number of nitrogens with one attached hydrogen (secondary N) is 2. The van der Waals surface area contributed by atoms with Gasteiger partial charge in [-0.15, -0.1) is 0 Å². The van der Waals surface area contributed by atoms with Crippen LogP contribution in [0.25, 0.3) is 0 Å². The molecule has 2 rings (SSSR count). The molecule has 2 unspecified atom stereocenters. The highest BCUT2D eigenvalue weighted by Gasteiger charge is 2.20. The summed E-state index contributed by atoms with van der Waals surface area (Å²) in [5.41, 5.74) is 1.30. The monoisotopic (exact) mass is 312 g/mol. The molecule has 120 valence electrons. The van der Waals surface area contributed by atoms with Crippen LogP contribution < -0.4 is 10.6 Å². The Morgan fingerprint density at radius 3 is 2.09 bits per heavy atom. The number of amides is 2. The molecule has 0 saturated heterocycles. The predicted molar refractivity (Wildman–Crippen MR) is 87.8 cm³/mol. The third-order valence-electron chi connectivity index (χ3n) is 3.48. The Kier molecular flexibility index (Phi) is 5.88. The van der Waals surface area contributed by atoms with Crippen molar-refractivity contribution >= 4 is 11.8 Å². The van der Waals surface area contributed by atoms with Crippen LogP contribution in [0.2, 0.25) is 0 Å². The predicted octanol–water partition coefficient (Wildman–Crippen LogP) is 1.65. The fraction of sp³-hybridized carbons (Fsp3) is 0.222. The maximum atomic E-state index is 12.2. The fourth-order valence-electron chi connectivity index (χ4n) is 2.15. The topological polar surface area (TPSA) is 78.4 Å². The van der Waals surface area contributed by atoms with E-state index >= 15 is 0 Å². The Bertz CT molecular complexity index is 644.